The van der Waals surface area contributed by atoms with Crippen LogP contribution in [-0.2, 0) is 16.2 Å². The van der Waals surface area contributed by atoms with Gasteiger partial charge in [0.25, 0.3) is 0 Å². The highest BCUT2D eigenvalue weighted by molar-refractivity contribution is 7.77. The van der Waals surface area contributed by atoms with Crippen molar-refractivity contribution in [3.63, 3.8) is 0 Å². The number of para-hydroxylation sites is 1. The van der Waals surface area contributed by atoms with Gasteiger partial charge in [0.05, 0.1) is 11.1 Å². The molecule has 0 radical (unpaired) electrons. The van der Waals surface area contributed by atoms with E-state index in [1.54, 1.807) is 0 Å². The van der Waals surface area contributed by atoms with Crippen molar-refractivity contribution in [1.29, 1.82) is 0 Å². The molecule has 192 valence electrons. The van der Waals surface area contributed by atoms with Gasteiger partial charge in [0.1, 0.15) is 5.75 Å². The number of phenolic OH excluding ortho intramolecular Hbond substituents is 1. The third-order valence-corrected chi connectivity index (χ3v) is 11.0. The van der Waals surface area contributed by atoms with Gasteiger partial charge in [0.2, 0.25) is 0 Å². The van der Waals surface area contributed by atoms with Crippen molar-refractivity contribution in [2.24, 2.45) is 10.4 Å². The lowest BCUT2D eigenvalue weighted by Gasteiger charge is -2.46. The summed E-state index contributed by atoms with van der Waals surface area (Å²) in [6.07, 6.45) is 2.14. The van der Waals surface area contributed by atoms with Gasteiger partial charge in [-0.25, -0.2) is 0 Å². The fourth-order valence-electron chi connectivity index (χ4n) is 5.50. The van der Waals surface area contributed by atoms with Crippen LogP contribution in [0.25, 0.3) is 0 Å². The Morgan fingerprint density at radius 3 is 1.83 bits per heavy atom. The van der Waals surface area contributed by atoms with Crippen LogP contribution in [-0.4, -0.2) is 21.9 Å². The Balaban J connectivity index is 2.49. The van der Waals surface area contributed by atoms with E-state index in [-0.39, 0.29) is 26.8 Å². The number of nitrogens with zero attached hydrogens (tertiary/aromatic N) is 1. The number of aromatic hydroxyl groups is 1. The van der Waals surface area contributed by atoms with Crippen molar-refractivity contribution in [3.8, 4) is 5.75 Å². The second-order valence-corrected chi connectivity index (χ2v) is 17.5. The molecule has 3 heteroatoms. The van der Waals surface area contributed by atoms with Crippen molar-refractivity contribution in [2.45, 2.75) is 111 Å². The molecule has 1 N–H and O–H groups in total. The quantitative estimate of drug-likeness (QED) is 0.415. The molecular weight excluding hydrogens is 445 g/mol. The Kier molecular flexibility index (Phi) is 7.20. The maximum atomic E-state index is 12.0. The average Bonchev–Trinajstić information content (AvgIpc) is 3.07. The van der Waals surface area contributed by atoms with Crippen molar-refractivity contribution in [1.82, 2.24) is 0 Å². The van der Waals surface area contributed by atoms with Gasteiger partial charge in [-0.3, -0.25) is 4.99 Å². The molecule has 0 aromatic heterocycles. The highest BCUT2D eigenvalue weighted by Gasteiger charge is 2.57. The third-order valence-electron chi connectivity index (χ3n) is 7.67. The van der Waals surface area contributed by atoms with Crippen LogP contribution in [0.2, 0.25) is 0 Å². The zero-order valence-electron chi connectivity index (χ0n) is 24.3. The third kappa shape index (κ3) is 5.24. The molecule has 0 bridgehead atoms. The first-order valence-electron chi connectivity index (χ1n) is 13.1. The molecular formula is C32H48NOP. The predicted molar refractivity (Wildman–Crippen MR) is 156 cm³/mol. The molecule has 0 spiro atoms. The monoisotopic (exact) mass is 493 g/mol. The van der Waals surface area contributed by atoms with Crippen LogP contribution in [0.4, 0.5) is 5.69 Å². The van der Waals surface area contributed by atoms with Gasteiger partial charge in [0, 0.05) is 11.0 Å². The Labute approximate surface area is 216 Å². The summed E-state index contributed by atoms with van der Waals surface area (Å²) in [5.74, 6) is 0.465. The van der Waals surface area contributed by atoms with Crippen molar-refractivity contribution in [3.05, 3.63) is 59.2 Å². The molecule has 1 fully saturated rings. The second kappa shape index (κ2) is 9.02. The van der Waals surface area contributed by atoms with Crippen LogP contribution in [0.3, 0.4) is 0 Å². The fraction of sp³-hybridized carbons (Fsp3) is 0.594. The largest absolute Gasteiger partial charge is 0.507 e. The summed E-state index contributed by atoms with van der Waals surface area (Å²) in [5, 5.41) is 12.2. The van der Waals surface area contributed by atoms with Gasteiger partial charge in [-0.05, 0) is 57.2 Å². The Hall–Kier alpha value is -1.66. The van der Waals surface area contributed by atoms with Gasteiger partial charge in [0.15, 0.2) is 0 Å². The first kappa shape index (κ1) is 27.9. The van der Waals surface area contributed by atoms with E-state index in [1.807, 2.05) is 0 Å². The highest BCUT2D eigenvalue weighted by atomic mass is 31.1. The van der Waals surface area contributed by atoms with Crippen LogP contribution in [0.15, 0.2) is 47.5 Å². The van der Waals surface area contributed by atoms with Gasteiger partial charge in [-0.1, -0.05) is 121 Å². The van der Waals surface area contributed by atoms with Crippen molar-refractivity contribution < 1.29 is 5.11 Å². The van der Waals surface area contributed by atoms with E-state index in [4.69, 9.17) is 4.99 Å². The van der Waals surface area contributed by atoms with E-state index < -0.39 is 7.92 Å². The van der Waals surface area contributed by atoms with Crippen LogP contribution < -0.4 is 0 Å². The second-order valence-electron chi connectivity index (χ2n) is 14.4. The number of rotatable bonds is 2. The average molecular weight is 494 g/mol. The van der Waals surface area contributed by atoms with Gasteiger partial charge in [-0.2, -0.15) is 0 Å². The fourth-order valence-corrected chi connectivity index (χ4v) is 8.84. The molecule has 2 atom stereocenters. The van der Waals surface area contributed by atoms with Crippen LogP contribution >= 0.6 is 7.92 Å². The molecule has 1 heterocycles. The van der Waals surface area contributed by atoms with E-state index >= 15 is 0 Å². The summed E-state index contributed by atoms with van der Waals surface area (Å²) in [5.41, 5.74) is 5.05. The summed E-state index contributed by atoms with van der Waals surface area (Å²) in [7, 11) is -0.498. The van der Waals surface area contributed by atoms with Gasteiger partial charge >= 0.3 is 0 Å². The molecule has 3 rings (SSSR count). The number of phenols is 1. The maximum absolute atomic E-state index is 12.0. The first-order valence-corrected chi connectivity index (χ1v) is 14.6. The summed E-state index contributed by atoms with van der Waals surface area (Å²) in [4.78, 5) is 5.46. The van der Waals surface area contributed by atoms with Crippen molar-refractivity contribution in [2.75, 3.05) is 6.16 Å². The number of hydrogen-bond donors (Lipinski definition) is 1. The van der Waals surface area contributed by atoms with Crippen molar-refractivity contribution >= 4 is 19.1 Å². The zero-order chi connectivity index (χ0) is 26.6. The number of hydrogen-bond acceptors (Lipinski definition) is 2. The summed E-state index contributed by atoms with van der Waals surface area (Å²) in [6.45, 7) is 27.6. The molecule has 35 heavy (non-hydrogen) atoms. The topological polar surface area (TPSA) is 32.6 Å². The molecule has 0 saturated carbocycles. The molecule has 1 aliphatic rings. The SMILES string of the molecule is CC(C)(C)c1cc(C(C)(C)C)c(O)c(C2(C(C)(C)C)CCP(C(C)(C)C)C2=Nc2ccccc2)c1. The molecule has 2 nitrogen and oxygen atoms in total. The number of benzene rings is 2. The molecule has 2 unspecified atom stereocenters. The molecule has 2 aromatic carbocycles. The predicted octanol–water partition coefficient (Wildman–Crippen LogP) is 9.69. The van der Waals surface area contributed by atoms with Crippen LogP contribution in [0.5, 0.6) is 5.75 Å². The van der Waals surface area contributed by atoms with E-state index in [9.17, 15) is 5.11 Å². The summed E-state index contributed by atoms with van der Waals surface area (Å²) < 4.78 is 0. The number of aliphatic imine (C=N–C) groups is 1. The maximum Gasteiger partial charge on any atom is 0.123 e. The van der Waals surface area contributed by atoms with Crippen LogP contribution in [0.1, 0.15) is 106 Å². The van der Waals surface area contributed by atoms with Gasteiger partial charge in [-0.15, -0.1) is 0 Å². The summed E-state index contributed by atoms with van der Waals surface area (Å²) >= 11 is 0. The highest BCUT2D eigenvalue weighted by Crippen LogP contribution is 2.68. The molecule has 0 aliphatic carbocycles. The molecule has 1 aliphatic heterocycles. The Morgan fingerprint density at radius 2 is 1.37 bits per heavy atom. The minimum atomic E-state index is -0.498. The first-order chi connectivity index (χ1) is 15.8. The zero-order valence-corrected chi connectivity index (χ0v) is 25.2. The molecule has 0 amide bonds. The van der Waals surface area contributed by atoms with E-state index in [2.05, 4.69) is 126 Å². The lowest BCUT2D eigenvalue weighted by atomic mass is 9.60. The minimum Gasteiger partial charge on any atom is -0.507 e. The van der Waals surface area contributed by atoms with E-state index in [1.165, 1.54) is 11.0 Å². The normalized spacial score (nSPS) is 23.2. The molecule has 2 aromatic rings. The summed E-state index contributed by atoms with van der Waals surface area (Å²) in [6, 6.07) is 15.0. The molecule has 1 saturated heterocycles. The standard InChI is InChI=1S/C32H48NOP/c1-28(2,3)22-20-24(29(4,5)6)26(34)25(21-22)32(30(7,8)9)18-19-35(31(10,11)12)27(32)33-23-16-14-13-15-17-23/h13-17,20-21,34H,18-19H2,1-12H3. The van der Waals surface area contributed by atoms with E-state index in [0.717, 1.165) is 29.4 Å². The lowest BCUT2D eigenvalue weighted by Crippen LogP contribution is -2.44. The smallest absolute Gasteiger partial charge is 0.123 e. The minimum absolute atomic E-state index is 0.0222. The Morgan fingerprint density at radius 1 is 0.800 bits per heavy atom. The lowest BCUT2D eigenvalue weighted by molar-refractivity contribution is 0.251. The Bertz CT molecular complexity index is 1090. The van der Waals surface area contributed by atoms with Crippen LogP contribution in [0, 0.1) is 5.41 Å². The van der Waals surface area contributed by atoms with Gasteiger partial charge < -0.3 is 5.11 Å². The van der Waals surface area contributed by atoms with E-state index in [0.29, 0.717) is 5.75 Å².